The molecule has 0 aliphatic heterocycles. The number of nitrogens with zero attached hydrogens (tertiary/aromatic N) is 2. The normalized spacial score (nSPS) is 10.3. The zero-order chi connectivity index (χ0) is 11.5. The number of fused-ring (bicyclic) bond motifs is 1. The lowest BCUT2D eigenvalue weighted by atomic mass is 10.1. The van der Waals surface area contributed by atoms with Crippen molar-refractivity contribution in [2.24, 2.45) is 0 Å². The van der Waals surface area contributed by atoms with Crippen molar-refractivity contribution in [2.45, 2.75) is 0 Å². The number of hydrogen-bond acceptors (Lipinski definition) is 3. The van der Waals surface area contributed by atoms with Crippen LogP contribution in [0.15, 0.2) is 29.3 Å². The highest BCUT2D eigenvalue weighted by Gasteiger charge is 2.13. The fourth-order valence-corrected chi connectivity index (χ4v) is 1.80. The summed E-state index contributed by atoms with van der Waals surface area (Å²) in [6.45, 7) is 3.96. The summed E-state index contributed by atoms with van der Waals surface area (Å²) in [7, 11) is 0. The van der Waals surface area contributed by atoms with Gasteiger partial charge in [-0.1, -0.05) is 22.0 Å². The van der Waals surface area contributed by atoms with Crippen LogP contribution in [0.1, 0.15) is 10.4 Å². The van der Waals surface area contributed by atoms with E-state index >= 15 is 0 Å². The van der Waals surface area contributed by atoms with Crippen LogP contribution in [0, 0.1) is 0 Å². The Hall–Kier alpha value is -1.69. The van der Waals surface area contributed by atoms with Gasteiger partial charge in [-0.15, -0.1) is 6.58 Å². The third kappa shape index (κ3) is 1.96. The molecule has 0 spiro atoms. The zero-order valence-corrected chi connectivity index (χ0v) is 9.91. The fraction of sp³-hybridized carbons (Fsp3) is 0.100. The van der Waals surface area contributed by atoms with Crippen LogP contribution >= 0.6 is 15.9 Å². The highest BCUT2D eigenvalue weighted by atomic mass is 79.9. The van der Waals surface area contributed by atoms with E-state index in [9.17, 15) is 4.79 Å². The molecule has 16 heavy (non-hydrogen) atoms. The van der Waals surface area contributed by atoms with Crippen LogP contribution in [0.3, 0.4) is 0 Å². The molecule has 0 unspecified atom stereocenters. The monoisotopic (exact) mass is 280 g/mol. The highest BCUT2D eigenvalue weighted by molar-refractivity contribution is 9.10. The summed E-state index contributed by atoms with van der Waals surface area (Å²) in [4.78, 5) is 11.8. The standard InChI is InChI=1S/C10H9BrN4O/c1-2-3-12-10(16)7-4-6(11)5-8-9(7)14-15-13-8/h2,4-5H,1,3H2,(H,12,16)(H,13,14,15). The lowest BCUT2D eigenvalue weighted by molar-refractivity contribution is 0.0959. The predicted octanol–water partition coefficient (Wildman–Crippen LogP) is 1.64. The first-order valence-corrected chi connectivity index (χ1v) is 5.41. The molecule has 2 N–H and O–H groups in total. The van der Waals surface area contributed by atoms with E-state index in [0.29, 0.717) is 23.1 Å². The Morgan fingerprint density at radius 1 is 1.56 bits per heavy atom. The van der Waals surface area contributed by atoms with Crippen molar-refractivity contribution in [1.29, 1.82) is 0 Å². The number of H-pyrrole nitrogens is 1. The van der Waals surface area contributed by atoms with Crippen molar-refractivity contribution in [3.8, 4) is 0 Å². The molecule has 0 fully saturated rings. The van der Waals surface area contributed by atoms with Crippen LogP contribution in [0.5, 0.6) is 0 Å². The number of halogens is 1. The van der Waals surface area contributed by atoms with E-state index in [-0.39, 0.29) is 5.91 Å². The van der Waals surface area contributed by atoms with Gasteiger partial charge in [0.05, 0.1) is 5.56 Å². The number of aromatic nitrogens is 3. The van der Waals surface area contributed by atoms with E-state index in [0.717, 1.165) is 4.47 Å². The molecule has 0 atom stereocenters. The average Bonchev–Trinajstić information content (AvgIpc) is 2.72. The number of carbonyl (C=O) groups excluding carboxylic acids is 1. The molecular formula is C10H9BrN4O. The van der Waals surface area contributed by atoms with Gasteiger partial charge < -0.3 is 5.32 Å². The number of hydrogen-bond donors (Lipinski definition) is 2. The molecule has 5 nitrogen and oxygen atoms in total. The Balaban J connectivity index is 2.45. The van der Waals surface area contributed by atoms with Crippen molar-refractivity contribution >= 4 is 32.9 Å². The summed E-state index contributed by atoms with van der Waals surface area (Å²) in [5.74, 6) is -0.194. The van der Waals surface area contributed by atoms with Gasteiger partial charge >= 0.3 is 0 Å². The number of amides is 1. The van der Waals surface area contributed by atoms with E-state index in [1.807, 2.05) is 0 Å². The van der Waals surface area contributed by atoms with Crippen LogP contribution in [0.2, 0.25) is 0 Å². The summed E-state index contributed by atoms with van der Waals surface area (Å²) >= 11 is 3.32. The highest BCUT2D eigenvalue weighted by Crippen LogP contribution is 2.20. The second-order valence-electron chi connectivity index (χ2n) is 3.14. The van der Waals surface area contributed by atoms with Crippen molar-refractivity contribution in [3.05, 3.63) is 34.8 Å². The first-order chi connectivity index (χ1) is 7.72. The largest absolute Gasteiger partial charge is 0.349 e. The fourth-order valence-electron chi connectivity index (χ4n) is 1.35. The lowest BCUT2D eigenvalue weighted by Crippen LogP contribution is -2.23. The molecule has 0 bridgehead atoms. The summed E-state index contributed by atoms with van der Waals surface area (Å²) in [6, 6.07) is 3.51. The van der Waals surface area contributed by atoms with Gasteiger partial charge in [0, 0.05) is 11.0 Å². The minimum absolute atomic E-state index is 0.194. The maximum atomic E-state index is 11.8. The molecule has 1 aromatic carbocycles. The molecule has 0 saturated carbocycles. The van der Waals surface area contributed by atoms with Crippen LogP contribution in [0.4, 0.5) is 0 Å². The predicted molar refractivity (Wildman–Crippen MR) is 64.1 cm³/mol. The first kappa shape index (κ1) is 10.8. The average molecular weight is 281 g/mol. The third-order valence-corrected chi connectivity index (χ3v) is 2.50. The van der Waals surface area contributed by atoms with E-state index in [4.69, 9.17) is 0 Å². The lowest BCUT2D eigenvalue weighted by Gasteiger charge is -2.03. The molecule has 1 heterocycles. The van der Waals surface area contributed by atoms with E-state index in [1.54, 1.807) is 18.2 Å². The molecule has 0 aliphatic rings. The van der Waals surface area contributed by atoms with Crippen molar-refractivity contribution < 1.29 is 4.79 Å². The molecule has 0 aliphatic carbocycles. The molecule has 2 aromatic rings. The SMILES string of the molecule is C=CCNC(=O)c1cc(Br)cc2n[nH]nc12. The number of aromatic amines is 1. The number of carbonyl (C=O) groups is 1. The quantitative estimate of drug-likeness (QED) is 0.840. The minimum Gasteiger partial charge on any atom is -0.349 e. The van der Waals surface area contributed by atoms with Crippen molar-refractivity contribution in [3.63, 3.8) is 0 Å². The van der Waals surface area contributed by atoms with Crippen LogP contribution < -0.4 is 5.32 Å². The zero-order valence-electron chi connectivity index (χ0n) is 8.33. The topological polar surface area (TPSA) is 70.7 Å². The Kier molecular flexibility index (Phi) is 3.00. The van der Waals surface area contributed by atoms with Crippen LogP contribution in [0.25, 0.3) is 11.0 Å². The van der Waals surface area contributed by atoms with E-state index in [1.165, 1.54) is 0 Å². The Morgan fingerprint density at radius 2 is 2.38 bits per heavy atom. The van der Waals surface area contributed by atoms with E-state index < -0.39 is 0 Å². The van der Waals surface area contributed by atoms with Gasteiger partial charge in [-0.3, -0.25) is 4.79 Å². The molecule has 0 radical (unpaired) electrons. The van der Waals surface area contributed by atoms with Crippen LogP contribution in [-0.4, -0.2) is 27.9 Å². The molecule has 6 heteroatoms. The summed E-state index contributed by atoms with van der Waals surface area (Å²) in [5, 5.41) is 13.1. The molecule has 1 aromatic heterocycles. The summed E-state index contributed by atoms with van der Waals surface area (Å²) < 4.78 is 0.789. The van der Waals surface area contributed by atoms with Gasteiger partial charge in [0.25, 0.3) is 5.91 Å². The van der Waals surface area contributed by atoms with Gasteiger partial charge in [0.2, 0.25) is 0 Å². The van der Waals surface area contributed by atoms with Gasteiger partial charge in [-0.05, 0) is 12.1 Å². The molecule has 1 amide bonds. The second kappa shape index (κ2) is 4.44. The number of nitrogens with one attached hydrogen (secondary N) is 2. The van der Waals surface area contributed by atoms with E-state index in [2.05, 4.69) is 43.2 Å². The van der Waals surface area contributed by atoms with Gasteiger partial charge in [0.1, 0.15) is 11.0 Å². The van der Waals surface area contributed by atoms with Crippen molar-refractivity contribution in [1.82, 2.24) is 20.7 Å². The van der Waals surface area contributed by atoms with Gasteiger partial charge in [-0.2, -0.15) is 15.4 Å². The molecule has 0 saturated heterocycles. The maximum absolute atomic E-state index is 11.8. The van der Waals surface area contributed by atoms with Gasteiger partial charge in [0.15, 0.2) is 0 Å². The second-order valence-corrected chi connectivity index (χ2v) is 4.06. The summed E-state index contributed by atoms with van der Waals surface area (Å²) in [6.07, 6.45) is 1.62. The first-order valence-electron chi connectivity index (χ1n) is 4.61. The van der Waals surface area contributed by atoms with Crippen molar-refractivity contribution in [2.75, 3.05) is 6.54 Å². The molecule has 2 rings (SSSR count). The Labute approximate surface area is 100 Å². The van der Waals surface area contributed by atoms with Gasteiger partial charge in [-0.25, -0.2) is 0 Å². The molecular weight excluding hydrogens is 272 g/mol. The Morgan fingerprint density at radius 3 is 3.12 bits per heavy atom. The number of benzene rings is 1. The third-order valence-electron chi connectivity index (χ3n) is 2.04. The van der Waals surface area contributed by atoms with Crippen LogP contribution in [-0.2, 0) is 0 Å². The maximum Gasteiger partial charge on any atom is 0.253 e. The Bertz CT molecular complexity index is 549. The summed E-state index contributed by atoms with van der Waals surface area (Å²) in [5.41, 5.74) is 1.70. The number of rotatable bonds is 3. The molecule has 82 valence electrons. The minimum atomic E-state index is -0.194. The smallest absolute Gasteiger partial charge is 0.253 e.